The maximum atomic E-state index is 11.7. The summed E-state index contributed by atoms with van der Waals surface area (Å²) >= 11 is 0. The molecular weight excluding hydrogens is 218 g/mol. The van der Waals surface area contributed by atoms with E-state index in [1.807, 2.05) is 6.92 Å². The molecule has 0 aliphatic carbocycles. The van der Waals surface area contributed by atoms with Crippen LogP contribution in [-0.4, -0.2) is 44.2 Å². The summed E-state index contributed by atoms with van der Waals surface area (Å²) in [6, 6.07) is 0. The van der Waals surface area contributed by atoms with Crippen molar-refractivity contribution in [3.8, 4) is 0 Å². The van der Waals surface area contributed by atoms with Gasteiger partial charge in [0, 0.05) is 6.54 Å². The van der Waals surface area contributed by atoms with Crippen molar-refractivity contribution in [2.24, 2.45) is 0 Å². The van der Waals surface area contributed by atoms with Crippen LogP contribution in [0, 0.1) is 0 Å². The van der Waals surface area contributed by atoms with Crippen molar-refractivity contribution in [3.63, 3.8) is 0 Å². The minimum absolute atomic E-state index is 0.0920. The van der Waals surface area contributed by atoms with Gasteiger partial charge in [0.05, 0.1) is 12.1 Å². The molecule has 1 rings (SSSR count). The summed E-state index contributed by atoms with van der Waals surface area (Å²) in [5.74, 6) is -0.0920. The molecule has 2 N–H and O–H groups in total. The molecule has 1 fully saturated rings. The molecule has 0 aromatic carbocycles. The lowest BCUT2D eigenvalue weighted by Gasteiger charge is -2.22. The molecule has 1 unspecified atom stereocenters. The highest BCUT2D eigenvalue weighted by atomic mass is 19.3. The van der Waals surface area contributed by atoms with Gasteiger partial charge in [-0.05, 0) is 26.3 Å². The summed E-state index contributed by atoms with van der Waals surface area (Å²) in [6.45, 7) is 2.49. The van der Waals surface area contributed by atoms with Crippen molar-refractivity contribution in [1.29, 1.82) is 0 Å². The molecule has 0 aromatic rings. The smallest absolute Gasteiger partial charge is 0.261 e. The summed E-state index contributed by atoms with van der Waals surface area (Å²) in [5.41, 5.74) is -0.511. The van der Waals surface area contributed by atoms with Crippen LogP contribution in [0.4, 0.5) is 8.78 Å². The van der Waals surface area contributed by atoms with Gasteiger partial charge in [-0.1, -0.05) is 0 Å². The molecule has 0 aromatic heterocycles. The van der Waals surface area contributed by atoms with E-state index in [1.165, 1.54) is 0 Å². The average Bonchev–Trinajstić information content (AvgIpc) is 2.65. The normalized spacial score (nSPS) is 25.0. The second kappa shape index (κ2) is 6.10. The molecule has 1 amide bonds. The number of carbonyl (C=O) groups is 1. The third-order valence-corrected chi connectivity index (χ3v) is 2.65. The van der Waals surface area contributed by atoms with Gasteiger partial charge in [0.25, 0.3) is 6.43 Å². The minimum atomic E-state index is -2.45. The molecule has 0 bridgehead atoms. The van der Waals surface area contributed by atoms with Crippen molar-refractivity contribution in [2.45, 2.75) is 31.7 Å². The van der Waals surface area contributed by atoms with Crippen molar-refractivity contribution in [1.82, 2.24) is 10.6 Å². The fourth-order valence-corrected chi connectivity index (χ4v) is 1.69. The van der Waals surface area contributed by atoms with Gasteiger partial charge >= 0.3 is 0 Å². The van der Waals surface area contributed by atoms with Crippen LogP contribution in [0.5, 0.6) is 0 Å². The van der Waals surface area contributed by atoms with E-state index >= 15 is 0 Å². The van der Waals surface area contributed by atoms with E-state index in [1.54, 1.807) is 0 Å². The predicted molar refractivity (Wildman–Crippen MR) is 55.5 cm³/mol. The van der Waals surface area contributed by atoms with Gasteiger partial charge in [0.1, 0.15) is 6.61 Å². The number of nitrogens with one attached hydrogen (secondary N) is 2. The highest BCUT2D eigenvalue weighted by Crippen LogP contribution is 2.18. The Morgan fingerprint density at radius 1 is 1.62 bits per heavy atom. The fourth-order valence-electron chi connectivity index (χ4n) is 1.69. The van der Waals surface area contributed by atoms with Gasteiger partial charge in [-0.15, -0.1) is 0 Å². The maximum Gasteiger partial charge on any atom is 0.261 e. The van der Waals surface area contributed by atoms with E-state index in [-0.39, 0.29) is 19.1 Å². The molecule has 1 atom stereocenters. The van der Waals surface area contributed by atoms with E-state index in [9.17, 15) is 13.6 Å². The van der Waals surface area contributed by atoms with Crippen LogP contribution in [0.15, 0.2) is 0 Å². The Morgan fingerprint density at radius 2 is 2.38 bits per heavy atom. The highest BCUT2D eigenvalue weighted by Gasteiger charge is 2.35. The number of hydrogen-bond acceptors (Lipinski definition) is 3. The molecule has 94 valence electrons. The van der Waals surface area contributed by atoms with Gasteiger partial charge in [-0.25, -0.2) is 8.78 Å². The quantitative estimate of drug-likeness (QED) is 0.661. The largest absolute Gasteiger partial charge is 0.374 e. The van der Waals surface area contributed by atoms with Gasteiger partial charge < -0.3 is 15.4 Å². The summed E-state index contributed by atoms with van der Waals surface area (Å²) in [6.07, 6.45) is -0.674. The molecule has 4 nitrogen and oxygen atoms in total. The zero-order valence-electron chi connectivity index (χ0n) is 9.39. The first-order valence-corrected chi connectivity index (χ1v) is 5.44. The standard InChI is InChI=1S/C10H18F2N2O2/c1-10(3-2-4-14-10)9(15)13-5-6-16-7-8(11)12/h8,14H,2-7H2,1H3,(H,13,15). The number of carbonyl (C=O) groups excluding carboxylic acids is 1. The number of hydrogen-bond donors (Lipinski definition) is 2. The number of alkyl halides is 2. The van der Waals surface area contributed by atoms with E-state index in [4.69, 9.17) is 0 Å². The Morgan fingerprint density at radius 3 is 2.94 bits per heavy atom. The predicted octanol–water partition coefficient (Wildman–Crippen LogP) is 0.526. The van der Waals surface area contributed by atoms with Gasteiger partial charge in [-0.2, -0.15) is 0 Å². The maximum absolute atomic E-state index is 11.7. The van der Waals surface area contributed by atoms with E-state index in [0.717, 1.165) is 19.4 Å². The summed E-state index contributed by atoms with van der Waals surface area (Å²) in [4.78, 5) is 11.7. The summed E-state index contributed by atoms with van der Waals surface area (Å²) < 4.78 is 28.1. The van der Waals surface area contributed by atoms with Crippen molar-refractivity contribution >= 4 is 5.91 Å². The van der Waals surface area contributed by atoms with E-state index in [2.05, 4.69) is 15.4 Å². The lowest BCUT2D eigenvalue weighted by molar-refractivity contribution is -0.126. The van der Waals surface area contributed by atoms with Gasteiger partial charge in [-0.3, -0.25) is 4.79 Å². The second-order valence-electron chi connectivity index (χ2n) is 4.08. The third kappa shape index (κ3) is 4.02. The molecule has 1 aliphatic heterocycles. The lowest BCUT2D eigenvalue weighted by Crippen LogP contribution is -2.51. The Bertz CT molecular complexity index is 231. The minimum Gasteiger partial charge on any atom is -0.374 e. The molecule has 1 saturated heterocycles. The lowest BCUT2D eigenvalue weighted by atomic mass is 9.99. The van der Waals surface area contributed by atoms with Crippen LogP contribution in [0.2, 0.25) is 0 Å². The number of ether oxygens (including phenoxy) is 1. The number of halogens is 2. The topological polar surface area (TPSA) is 50.4 Å². The number of rotatable bonds is 6. The highest BCUT2D eigenvalue weighted by molar-refractivity contribution is 5.86. The van der Waals surface area contributed by atoms with Crippen LogP contribution in [0.25, 0.3) is 0 Å². The fraction of sp³-hybridized carbons (Fsp3) is 0.900. The average molecular weight is 236 g/mol. The third-order valence-electron chi connectivity index (χ3n) is 2.65. The first-order chi connectivity index (χ1) is 7.54. The van der Waals surface area contributed by atoms with Crippen molar-refractivity contribution < 1.29 is 18.3 Å². The first kappa shape index (κ1) is 13.3. The zero-order valence-corrected chi connectivity index (χ0v) is 9.39. The molecule has 1 heterocycles. The Balaban J connectivity index is 2.10. The van der Waals surface area contributed by atoms with Gasteiger partial charge in [0.15, 0.2) is 0 Å². The summed E-state index contributed by atoms with van der Waals surface area (Å²) in [5, 5.41) is 5.79. The number of amides is 1. The molecule has 0 radical (unpaired) electrons. The molecule has 0 saturated carbocycles. The van der Waals surface area contributed by atoms with E-state index < -0.39 is 18.6 Å². The molecule has 1 aliphatic rings. The Kier molecular flexibility index (Phi) is 5.08. The Hall–Kier alpha value is -0.750. The Labute approximate surface area is 93.7 Å². The monoisotopic (exact) mass is 236 g/mol. The molecular formula is C10H18F2N2O2. The van der Waals surface area contributed by atoms with Crippen LogP contribution in [0.3, 0.4) is 0 Å². The first-order valence-electron chi connectivity index (χ1n) is 5.44. The SMILES string of the molecule is CC1(C(=O)NCCOCC(F)F)CCCN1. The van der Waals surface area contributed by atoms with E-state index in [0.29, 0.717) is 0 Å². The van der Waals surface area contributed by atoms with Crippen molar-refractivity contribution in [3.05, 3.63) is 0 Å². The molecule has 0 spiro atoms. The molecule has 6 heteroatoms. The second-order valence-corrected chi connectivity index (χ2v) is 4.08. The van der Waals surface area contributed by atoms with Crippen LogP contribution in [-0.2, 0) is 9.53 Å². The zero-order chi connectivity index (χ0) is 12.0. The van der Waals surface area contributed by atoms with Crippen LogP contribution < -0.4 is 10.6 Å². The molecule has 16 heavy (non-hydrogen) atoms. The summed E-state index contributed by atoms with van der Waals surface area (Å²) in [7, 11) is 0. The van der Waals surface area contributed by atoms with Gasteiger partial charge in [0.2, 0.25) is 5.91 Å². The van der Waals surface area contributed by atoms with Crippen LogP contribution >= 0.6 is 0 Å². The van der Waals surface area contributed by atoms with Crippen LogP contribution in [0.1, 0.15) is 19.8 Å². The van der Waals surface area contributed by atoms with Crippen molar-refractivity contribution in [2.75, 3.05) is 26.3 Å².